The summed E-state index contributed by atoms with van der Waals surface area (Å²) in [6, 6.07) is 5.69. The largest absolute Gasteiger partial charge is 0.441 e. The molecule has 1 aliphatic rings. The Morgan fingerprint density at radius 2 is 2.06 bits per heavy atom. The molecule has 0 unspecified atom stereocenters. The third-order valence-electron chi connectivity index (χ3n) is 3.16. The summed E-state index contributed by atoms with van der Waals surface area (Å²) in [4.78, 5) is 4.31. The lowest BCUT2D eigenvalue weighted by Gasteiger charge is -2.36. The molecule has 5 heteroatoms. The zero-order valence-corrected chi connectivity index (χ0v) is 10.5. The lowest BCUT2D eigenvalue weighted by molar-refractivity contribution is -0.270. The molecule has 0 atom stereocenters. The van der Waals surface area contributed by atoms with Gasteiger partial charge in [-0.05, 0) is 25.1 Å². The second-order valence-corrected chi connectivity index (χ2v) is 4.74. The topological polar surface area (TPSA) is 70.5 Å². The highest BCUT2D eigenvalue weighted by molar-refractivity contribution is 5.73. The number of aryl methyl sites for hydroxylation is 1. The molecule has 1 fully saturated rings. The van der Waals surface area contributed by atoms with Gasteiger partial charge in [0.25, 0.3) is 0 Å². The number of nitrogens with zero attached hydrogens (tertiary/aromatic N) is 1. The minimum absolute atomic E-state index is 0.0592. The van der Waals surface area contributed by atoms with Crippen LogP contribution >= 0.6 is 0 Å². The van der Waals surface area contributed by atoms with Crippen LogP contribution in [-0.2, 0) is 15.3 Å². The van der Waals surface area contributed by atoms with Crippen molar-refractivity contribution in [2.45, 2.75) is 25.7 Å². The molecule has 1 aliphatic heterocycles. The average molecular weight is 248 g/mol. The Balaban J connectivity index is 1.98. The summed E-state index contributed by atoms with van der Waals surface area (Å²) in [5.41, 5.74) is 8.26. The maximum atomic E-state index is 5.75. The van der Waals surface area contributed by atoms with Gasteiger partial charge in [0.05, 0.1) is 19.3 Å². The van der Waals surface area contributed by atoms with Crippen LogP contribution < -0.4 is 5.73 Å². The number of aromatic nitrogens is 1. The van der Waals surface area contributed by atoms with Gasteiger partial charge in [-0.15, -0.1) is 0 Å². The van der Waals surface area contributed by atoms with Gasteiger partial charge in [-0.3, -0.25) is 0 Å². The molecular weight excluding hydrogens is 232 g/mol. The fourth-order valence-electron chi connectivity index (χ4n) is 2.11. The van der Waals surface area contributed by atoms with Crippen molar-refractivity contribution in [3.05, 3.63) is 29.7 Å². The smallest absolute Gasteiger partial charge is 0.192 e. The van der Waals surface area contributed by atoms with Gasteiger partial charge in [-0.2, -0.15) is 0 Å². The Bertz CT molecular complexity index is 571. The molecule has 1 aromatic heterocycles. The Kier molecular flexibility index (Phi) is 2.62. The number of fused-ring (bicyclic) bond motifs is 1. The molecule has 18 heavy (non-hydrogen) atoms. The molecule has 0 spiro atoms. The van der Waals surface area contributed by atoms with Crippen molar-refractivity contribution in [1.82, 2.24) is 4.98 Å². The Morgan fingerprint density at radius 1 is 1.33 bits per heavy atom. The van der Waals surface area contributed by atoms with Crippen molar-refractivity contribution in [3.8, 4) is 0 Å². The van der Waals surface area contributed by atoms with Crippen molar-refractivity contribution in [3.63, 3.8) is 0 Å². The van der Waals surface area contributed by atoms with E-state index < -0.39 is 5.79 Å². The Morgan fingerprint density at radius 3 is 2.78 bits per heavy atom. The molecule has 2 N–H and O–H groups in total. The quantitative estimate of drug-likeness (QED) is 0.831. The van der Waals surface area contributed by atoms with Gasteiger partial charge >= 0.3 is 0 Å². The molecule has 2 heterocycles. The molecule has 0 radical (unpaired) electrons. The summed E-state index contributed by atoms with van der Waals surface area (Å²) in [6.07, 6.45) is 0. The normalized spacial score (nSPS) is 28.7. The Labute approximate surface area is 105 Å². The number of nitrogens with two attached hydrogens (primary N) is 1. The van der Waals surface area contributed by atoms with Crippen LogP contribution in [0.1, 0.15) is 18.4 Å². The molecule has 2 aromatic rings. The minimum atomic E-state index is -0.753. The van der Waals surface area contributed by atoms with Crippen LogP contribution in [-0.4, -0.2) is 24.2 Å². The van der Waals surface area contributed by atoms with Crippen LogP contribution in [0.2, 0.25) is 0 Å². The zero-order chi connectivity index (χ0) is 12.8. The third-order valence-corrected chi connectivity index (χ3v) is 3.16. The van der Waals surface area contributed by atoms with E-state index in [1.165, 1.54) is 0 Å². The van der Waals surface area contributed by atoms with E-state index in [9.17, 15) is 0 Å². The van der Waals surface area contributed by atoms with Gasteiger partial charge in [0.15, 0.2) is 17.3 Å². The standard InChI is InChI=1S/C13H16N2O3/c1-8-15-11-5-9(3-4-12(11)18-8)13(2)16-6-10(14)7-17-13/h3-5,10H,6-7,14H2,1-2H3. The van der Waals surface area contributed by atoms with Crippen LogP contribution in [0, 0.1) is 6.92 Å². The fraction of sp³-hybridized carbons (Fsp3) is 0.462. The Hall–Kier alpha value is -1.43. The first-order valence-corrected chi connectivity index (χ1v) is 5.98. The summed E-state index contributed by atoms with van der Waals surface area (Å²) >= 11 is 0. The molecule has 0 bridgehead atoms. The van der Waals surface area contributed by atoms with Gasteiger partial charge < -0.3 is 19.6 Å². The van der Waals surface area contributed by atoms with Crippen molar-refractivity contribution in [1.29, 1.82) is 0 Å². The van der Waals surface area contributed by atoms with Gasteiger partial charge in [0.2, 0.25) is 0 Å². The molecule has 1 saturated heterocycles. The highest BCUT2D eigenvalue weighted by Crippen LogP contribution is 2.31. The molecular formula is C13H16N2O3. The summed E-state index contributed by atoms with van der Waals surface area (Å²) < 4.78 is 16.9. The molecule has 0 amide bonds. The molecule has 3 rings (SSSR count). The molecule has 1 aromatic carbocycles. The minimum Gasteiger partial charge on any atom is -0.441 e. The van der Waals surface area contributed by atoms with Crippen LogP contribution in [0.4, 0.5) is 0 Å². The number of ether oxygens (including phenoxy) is 2. The fourth-order valence-corrected chi connectivity index (χ4v) is 2.11. The number of oxazole rings is 1. The van der Waals surface area contributed by atoms with E-state index in [2.05, 4.69) is 4.98 Å². The molecule has 0 saturated carbocycles. The average Bonchev–Trinajstić information content (AvgIpc) is 2.72. The summed E-state index contributed by atoms with van der Waals surface area (Å²) in [7, 11) is 0. The first-order valence-electron chi connectivity index (χ1n) is 5.98. The van der Waals surface area contributed by atoms with Crippen LogP contribution in [0.25, 0.3) is 11.1 Å². The van der Waals surface area contributed by atoms with Gasteiger partial charge in [-0.1, -0.05) is 0 Å². The van der Waals surface area contributed by atoms with Gasteiger partial charge in [-0.25, -0.2) is 4.98 Å². The maximum Gasteiger partial charge on any atom is 0.192 e. The highest BCUT2D eigenvalue weighted by Gasteiger charge is 2.34. The number of benzene rings is 1. The van der Waals surface area contributed by atoms with Crippen molar-refractivity contribution < 1.29 is 13.9 Å². The predicted octanol–water partition coefficient (Wildman–Crippen LogP) is 1.68. The molecule has 0 aliphatic carbocycles. The predicted molar refractivity (Wildman–Crippen MR) is 66.0 cm³/mol. The van der Waals surface area contributed by atoms with E-state index >= 15 is 0 Å². The van der Waals surface area contributed by atoms with Gasteiger partial charge in [0.1, 0.15) is 5.52 Å². The van der Waals surface area contributed by atoms with Crippen molar-refractivity contribution in [2.24, 2.45) is 5.73 Å². The number of hydrogen-bond acceptors (Lipinski definition) is 5. The van der Waals surface area contributed by atoms with E-state index in [4.69, 9.17) is 19.6 Å². The lowest BCUT2D eigenvalue weighted by Crippen LogP contribution is -2.46. The monoisotopic (exact) mass is 248 g/mol. The summed E-state index contributed by atoms with van der Waals surface area (Å²) in [5.74, 6) is -0.100. The summed E-state index contributed by atoms with van der Waals surface area (Å²) in [6.45, 7) is 4.71. The van der Waals surface area contributed by atoms with E-state index in [1.807, 2.05) is 32.0 Å². The van der Waals surface area contributed by atoms with E-state index in [-0.39, 0.29) is 6.04 Å². The van der Waals surface area contributed by atoms with Crippen molar-refractivity contribution in [2.75, 3.05) is 13.2 Å². The number of rotatable bonds is 1. The third kappa shape index (κ3) is 1.90. The van der Waals surface area contributed by atoms with E-state index in [0.29, 0.717) is 19.1 Å². The first kappa shape index (κ1) is 11.6. The second-order valence-electron chi connectivity index (χ2n) is 4.74. The van der Waals surface area contributed by atoms with Crippen molar-refractivity contribution >= 4 is 11.1 Å². The highest BCUT2D eigenvalue weighted by atomic mass is 16.7. The lowest BCUT2D eigenvalue weighted by atomic mass is 10.1. The second kappa shape index (κ2) is 4.05. The van der Waals surface area contributed by atoms with Crippen LogP contribution in [0.15, 0.2) is 22.6 Å². The zero-order valence-electron chi connectivity index (χ0n) is 10.5. The van der Waals surface area contributed by atoms with Crippen LogP contribution in [0.3, 0.4) is 0 Å². The molecule has 96 valence electrons. The van der Waals surface area contributed by atoms with Gasteiger partial charge in [0, 0.05) is 12.5 Å². The molecule has 5 nitrogen and oxygen atoms in total. The number of hydrogen-bond donors (Lipinski definition) is 1. The van der Waals surface area contributed by atoms with E-state index in [1.54, 1.807) is 0 Å². The SMILES string of the molecule is Cc1nc2cc(C3(C)OCC(N)CO3)ccc2o1. The summed E-state index contributed by atoms with van der Waals surface area (Å²) in [5, 5.41) is 0. The maximum absolute atomic E-state index is 5.75. The van der Waals surface area contributed by atoms with Crippen LogP contribution in [0.5, 0.6) is 0 Å². The first-order chi connectivity index (χ1) is 8.57. The van der Waals surface area contributed by atoms with E-state index in [0.717, 1.165) is 16.7 Å².